The summed E-state index contributed by atoms with van der Waals surface area (Å²) in [6.45, 7) is 7.40. The molecule has 6 nitrogen and oxygen atoms in total. The van der Waals surface area contributed by atoms with Gasteiger partial charge in [-0.25, -0.2) is 4.98 Å². The van der Waals surface area contributed by atoms with E-state index < -0.39 is 0 Å². The van der Waals surface area contributed by atoms with Crippen molar-refractivity contribution in [2.75, 3.05) is 18.0 Å². The zero-order chi connectivity index (χ0) is 15.7. The highest BCUT2D eigenvalue weighted by molar-refractivity contribution is 5.58. The fourth-order valence-electron chi connectivity index (χ4n) is 3.03. The molecule has 1 aliphatic heterocycles. The number of rotatable bonds is 2. The minimum absolute atomic E-state index is 0.198. The SMILES string of the molecule is Cc1cc(C)c(C#N)c(N2CCC[C@H](c3nc(C)no3)C2)n1. The van der Waals surface area contributed by atoms with Gasteiger partial charge in [-0.15, -0.1) is 0 Å². The highest BCUT2D eigenvalue weighted by Gasteiger charge is 2.28. The van der Waals surface area contributed by atoms with Crippen molar-refractivity contribution in [1.82, 2.24) is 15.1 Å². The third-order valence-corrected chi connectivity index (χ3v) is 4.05. The van der Waals surface area contributed by atoms with Crippen molar-refractivity contribution < 1.29 is 4.52 Å². The summed E-state index contributed by atoms with van der Waals surface area (Å²) < 4.78 is 5.32. The van der Waals surface area contributed by atoms with E-state index in [4.69, 9.17) is 4.52 Å². The Morgan fingerprint density at radius 3 is 2.82 bits per heavy atom. The molecular weight excluding hydrogens is 278 g/mol. The van der Waals surface area contributed by atoms with E-state index in [2.05, 4.69) is 26.1 Å². The number of hydrogen-bond acceptors (Lipinski definition) is 6. The summed E-state index contributed by atoms with van der Waals surface area (Å²) in [6.07, 6.45) is 2.04. The van der Waals surface area contributed by atoms with Crippen LogP contribution in [0, 0.1) is 32.1 Å². The first kappa shape index (κ1) is 14.5. The molecule has 3 heterocycles. The van der Waals surface area contributed by atoms with Gasteiger partial charge in [0.25, 0.3) is 0 Å². The number of nitrogens with zero attached hydrogens (tertiary/aromatic N) is 5. The monoisotopic (exact) mass is 297 g/mol. The van der Waals surface area contributed by atoms with Crippen molar-refractivity contribution in [1.29, 1.82) is 5.26 Å². The number of piperidine rings is 1. The number of pyridine rings is 1. The molecule has 0 aliphatic carbocycles. The third-order valence-electron chi connectivity index (χ3n) is 4.05. The van der Waals surface area contributed by atoms with Crippen molar-refractivity contribution in [3.8, 4) is 6.07 Å². The molecule has 0 spiro atoms. The Morgan fingerprint density at radius 2 is 2.14 bits per heavy atom. The molecule has 0 N–H and O–H groups in total. The van der Waals surface area contributed by atoms with Gasteiger partial charge in [0, 0.05) is 18.8 Å². The highest BCUT2D eigenvalue weighted by Crippen LogP contribution is 2.30. The van der Waals surface area contributed by atoms with Crippen LogP contribution in [-0.2, 0) is 0 Å². The van der Waals surface area contributed by atoms with Crippen LogP contribution in [-0.4, -0.2) is 28.2 Å². The maximum absolute atomic E-state index is 9.45. The number of nitriles is 1. The Balaban J connectivity index is 1.91. The number of anilines is 1. The van der Waals surface area contributed by atoms with Gasteiger partial charge in [0.05, 0.1) is 11.5 Å². The van der Waals surface area contributed by atoms with Crippen LogP contribution in [0.4, 0.5) is 5.82 Å². The summed E-state index contributed by atoms with van der Waals surface area (Å²) in [7, 11) is 0. The maximum Gasteiger partial charge on any atom is 0.231 e. The first-order valence-electron chi connectivity index (χ1n) is 7.52. The molecule has 0 amide bonds. The van der Waals surface area contributed by atoms with Crippen LogP contribution >= 0.6 is 0 Å². The molecular formula is C16H19N5O. The predicted molar refractivity (Wildman–Crippen MR) is 81.6 cm³/mol. The van der Waals surface area contributed by atoms with E-state index in [1.807, 2.05) is 26.8 Å². The standard InChI is InChI=1S/C16H19N5O/c1-10-7-11(2)18-15(14(10)8-17)21-6-4-5-13(9-21)16-19-12(3)20-22-16/h7,13H,4-6,9H2,1-3H3/t13-/m0/s1. The lowest BCUT2D eigenvalue weighted by Crippen LogP contribution is -2.35. The van der Waals surface area contributed by atoms with Gasteiger partial charge in [-0.1, -0.05) is 5.16 Å². The first-order valence-corrected chi connectivity index (χ1v) is 7.52. The average Bonchev–Trinajstić information content (AvgIpc) is 2.93. The fourth-order valence-corrected chi connectivity index (χ4v) is 3.03. The van der Waals surface area contributed by atoms with Crippen molar-refractivity contribution >= 4 is 5.82 Å². The van der Waals surface area contributed by atoms with Crippen LogP contribution < -0.4 is 4.90 Å². The molecule has 0 aromatic carbocycles. The predicted octanol–water partition coefficient (Wildman–Crippen LogP) is 2.65. The highest BCUT2D eigenvalue weighted by atomic mass is 16.5. The topological polar surface area (TPSA) is 78.8 Å². The van der Waals surface area contributed by atoms with Crippen LogP contribution in [0.2, 0.25) is 0 Å². The van der Waals surface area contributed by atoms with Gasteiger partial charge in [-0.2, -0.15) is 10.2 Å². The number of aromatic nitrogens is 3. The van der Waals surface area contributed by atoms with Gasteiger partial charge < -0.3 is 9.42 Å². The Kier molecular flexibility index (Phi) is 3.80. The molecule has 2 aromatic heterocycles. The first-order chi connectivity index (χ1) is 10.6. The van der Waals surface area contributed by atoms with Gasteiger partial charge in [0.15, 0.2) is 5.82 Å². The second-order valence-corrected chi connectivity index (χ2v) is 5.86. The van der Waals surface area contributed by atoms with Crippen LogP contribution in [0.5, 0.6) is 0 Å². The summed E-state index contributed by atoms with van der Waals surface area (Å²) in [5.41, 5.74) is 2.57. The molecule has 1 saturated heterocycles. The molecule has 2 aromatic rings. The summed E-state index contributed by atoms with van der Waals surface area (Å²) in [4.78, 5) is 11.1. The van der Waals surface area contributed by atoms with Crippen molar-refractivity contribution in [3.05, 3.63) is 34.6 Å². The van der Waals surface area contributed by atoms with Gasteiger partial charge in [-0.05, 0) is 45.2 Å². The van der Waals surface area contributed by atoms with E-state index in [1.165, 1.54) is 0 Å². The molecule has 0 radical (unpaired) electrons. The maximum atomic E-state index is 9.45. The second-order valence-electron chi connectivity index (χ2n) is 5.86. The fraction of sp³-hybridized carbons (Fsp3) is 0.500. The van der Waals surface area contributed by atoms with Crippen LogP contribution in [0.1, 0.15) is 47.3 Å². The Bertz CT molecular complexity index is 731. The minimum Gasteiger partial charge on any atom is -0.355 e. The zero-order valence-electron chi connectivity index (χ0n) is 13.1. The lowest BCUT2D eigenvalue weighted by Gasteiger charge is -2.32. The van der Waals surface area contributed by atoms with E-state index in [0.717, 1.165) is 43.0 Å². The molecule has 1 fully saturated rings. The van der Waals surface area contributed by atoms with Crippen LogP contribution in [0.3, 0.4) is 0 Å². The van der Waals surface area contributed by atoms with Crippen LogP contribution in [0.15, 0.2) is 10.6 Å². The van der Waals surface area contributed by atoms with Gasteiger partial charge in [0.1, 0.15) is 11.9 Å². The Morgan fingerprint density at radius 1 is 1.32 bits per heavy atom. The average molecular weight is 297 g/mol. The van der Waals surface area contributed by atoms with Gasteiger partial charge >= 0.3 is 0 Å². The Hall–Kier alpha value is -2.42. The number of hydrogen-bond donors (Lipinski definition) is 0. The smallest absolute Gasteiger partial charge is 0.231 e. The Labute approximate surface area is 129 Å². The van der Waals surface area contributed by atoms with Crippen LogP contribution in [0.25, 0.3) is 0 Å². The van der Waals surface area contributed by atoms with Gasteiger partial charge in [0.2, 0.25) is 5.89 Å². The van der Waals surface area contributed by atoms with E-state index in [1.54, 1.807) is 0 Å². The largest absolute Gasteiger partial charge is 0.355 e. The molecule has 0 bridgehead atoms. The summed E-state index contributed by atoms with van der Waals surface area (Å²) in [6, 6.07) is 4.24. The van der Waals surface area contributed by atoms with Crippen molar-refractivity contribution in [2.45, 2.75) is 39.5 Å². The lowest BCUT2D eigenvalue weighted by atomic mass is 9.97. The van der Waals surface area contributed by atoms with Gasteiger partial charge in [-0.3, -0.25) is 0 Å². The number of aryl methyl sites for hydroxylation is 3. The van der Waals surface area contributed by atoms with E-state index >= 15 is 0 Å². The molecule has 1 atom stereocenters. The zero-order valence-corrected chi connectivity index (χ0v) is 13.1. The molecule has 0 unspecified atom stereocenters. The molecule has 3 rings (SSSR count). The lowest BCUT2D eigenvalue weighted by molar-refractivity contribution is 0.331. The summed E-state index contributed by atoms with van der Waals surface area (Å²) in [5, 5.41) is 13.3. The quantitative estimate of drug-likeness (QED) is 0.848. The third kappa shape index (κ3) is 2.67. The van der Waals surface area contributed by atoms with Crippen molar-refractivity contribution in [3.63, 3.8) is 0 Å². The van der Waals surface area contributed by atoms with E-state index in [9.17, 15) is 5.26 Å². The summed E-state index contributed by atoms with van der Waals surface area (Å²) in [5.74, 6) is 2.32. The molecule has 0 saturated carbocycles. The molecule has 22 heavy (non-hydrogen) atoms. The summed E-state index contributed by atoms with van der Waals surface area (Å²) >= 11 is 0. The molecule has 6 heteroatoms. The molecule has 114 valence electrons. The normalized spacial score (nSPS) is 18.3. The van der Waals surface area contributed by atoms with Crippen molar-refractivity contribution in [2.24, 2.45) is 0 Å². The minimum atomic E-state index is 0.198. The second kappa shape index (κ2) is 5.76. The molecule has 1 aliphatic rings. The van der Waals surface area contributed by atoms with E-state index in [-0.39, 0.29) is 5.92 Å². The van der Waals surface area contributed by atoms with E-state index in [0.29, 0.717) is 17.3 Å².